The van der Waals surface area contributed by atoms with Gasteiger partial charge in [0.25, 0.3) is 5.91 Å². The number of carbonyl (C=O) groups excluding carboxylic acids is 1. The van der Waals surface area contributed by atoms with Crippen LogP contribution in [0.5, 0.6) is 0 Å². The van der Waals surface area contributed by atoms with E-state index in [0.29, 0.717) is 10.2 Å². The molecule has 0 saturated heterocycles. The zero-order valence-electron chi connectivity index (χ0n) is 10.2. The Morgan fingerprint density at radius 3 is 2.74 bits per heavy atom. The van der Waals surface area contributed by atoms with Crippen LogP contribution in [0.2, 0.25) is 0 Å². The van der Waals surface area contributed by atoms with Crippen LogP contribution in [0.4, 0.5) is 4.39 Å². The molecule has 1 aromatic carbocycles. The van der Waals surface area contributed by atoms with Crippen LogP contribution < -0.4 is 5.32 Å². The summed E-state index contributed by atoms with van der Waals surface area (Å²) in [5.41, 5.74) is -0.182. The SMILES string of the molecule is CSCC[C@H](NC(=O)c1c(F)cccc1Br)C(=O)O. The quantitative estimate of drug-likeness (QED) is 0.828. The fourth-order valence-electron chi connectivity index (χ4n) is 1.44. The fourth-order valence-corrected chi connectivity index (χ4v) is 2.43. The van der Waals surface area contributed by atoms with Crippen LogP contribution in [0.25, 0.3) is 0 Å². The summed E-state index contributed by atoms with van der Waals surface area (Å²) in [6, 6.07) is 3.11. The fraction of sp³-hybridized carbons (Fsp3) is 0.333. The normalized spacial score (nSPS) is 11.9. The van der Waals surface area contributed by atoms with Crippen molar-refractivity contribution in [3.05, 3.63) is 34.1 Å². The second-order valence-electron chi connectivity index (χ2n) is 3.74. The standard InChI is InChI=1S/C12H13BrFNO3S/c1-19-6-5-9(12(17)18)15-11(16)10-7(13)3-2-4-8(10)14/h2-4,9H,5-6H2,1H3,(H,15,16)(H,17,18)/t9-/m0/s1. The van der Waals surface area contributed by atoms with E-state index in [1.165, 1.54) is 23.9 Å². The lowest BCUT2D eigenvalue weighted by Crippen LogP contribution is -2.41. The molecule has 0 aliphatic heterocycles. The van der Waals surface area contributed by atoms with Crippen molar-refractivity contribution in [2.45, 2.75) is 12.5 Å². The van der Waals surface area contributed by atoms with Crippen LogP contribution in [0.15, 0.2) is 22.7 Å². The van der Waals surface area contributed by atoms with Crippen molar-refractivity contribution in [3.63, 3.8) is 0 Å². The van der Waals surface area contributed by atoms with Gasteiger partial charge in [0.15, 0.2) is 0 Å². The smallest absolute Gasteiger partial charge is 0.326 e. The van der Waals surface area contributed by atoms with Gasteiger partial charge in [-0.3, -0.25) is 4.79 Å². The summed E-state index contributed by atoms with van der Waals surface area (Å²) < 4.78 is 13.9. The summed E-state index contributed by atoms with van der Waals surface area (Å²) in [6.45, 7) is 0. The molecule has 7 heteroatoms. The van der Waals surface area contributed by atoms with Crippen LogP contribution in [0.3, 0.4) is 0 Å². The minimum absolute atomic E-state index is 0.182. The van der Waals surface area contributed by atoms with Crippen LogP contribution in [0, 0.1) is 5.82 Å². The van der Waals surface area contributed by atoms with Crippen LogP contribution >= 0.6 is 27.7 Å². The predicted octanol–water partition coefficient (Wildman–Crippen LogP) is 2.52. The highest BCUT2D eigenvalue weighted by Crippen LogP contribution is 2.19. The molecule has 0 unspecified atom stereocenters. The third-order valence-corrected chi connectivity index (χ3v) is 3.71. The average molecular weight is 350 g/mol. The van der Waals surface area contributed by atoms with E-state index in [4.69, 9.17) is 5.11 Å². The molecule has 19 heavy (non-hydrogen) atoms. The lowest BCUT2D eigenvalue weighted by molar-refractivity contribution is -0.139. The first-order valence-electron chi connectivity index (χ1n) is 5.44. The maximum Gasteiger partial charge on any atom is 0.326 e. The number of hydrogen-bond acceptors (Lipinski definition) is 3. The van der Waals surface area contributed by atoms with Crippen molar-refractivity contribution in [2.75, 3.05) is 12.0 Å². The first-order chi connectivity index (χ1) is 8.97. The van der Waals surface area contributed by atoms with E-state index >= 15 is 0 Å². The molecule has 0 heterocycles. The van der Waals surface area contributed by atoms with E-state index in [-0.39, 0.29) is 12.0 Å². The molecule has 104 valence electrons. The third-order valence-electron chi connectivity index (χ3n) is 2.40. The third kappa shape index (κ3) is 4.50. The highest BCUT2D eigenvalue weighted by Gasteiger charge is 2.23. The van der Waals surface area contributed by atoms with Gasteiger partial charge >= 0.3 is 5.97 Å². The van der Waals surface area contributed by atoms with Crippen LogP contribution in [0.1, 0.15) is 16.8 Å². The van der Waals surface area contributed by atoms with Gasteiger partial charge in [0.2, 0.25) is 0 Å². The molecule has 1 aromatic rings. The molecule has 0 spiro atoms. The number of carbonyl (C=O) groups is 2. The number of nitrogens with one attached hydrogen (secondary N) is 1. The highest BCUT2D eigenvalue weighted by atomic mass is 79.9. The molecule has 1 amide bonds. The number of rotatable bonds is 6. The van der Waals surface area contributed by atoms with Crippen molar-refractivity contribution < 1.29 is 19.1 Å². The van der Waals surface area contributed by atoms with Gasteiger partial charge < -0.3 is 10.4 Å². The highest BCUT2D eigenvalue weighted by molar-refractivity contribution is 9.10. The summed E-state index contributed by atoms with van der Waals surface area (Å²) >= 11 is 4.55. The van der Waals surface area contributed by atoms with Crippen LogP contribution in [-0.4, -0.2) is 35.0 Å². The molecule has 0 aliphatic rings. The maximum atomic E-state index is 13.6. The number of benzene rings is 1. The first kappa shape index (κ1) is 16.0. The molecule has 1 atom stereocenters. The predicted molar refractivity (Wildman–Crippen MR) is 76.0 cm³/mol. The van der Waals surface area contributed by atoms with Crippen molar-refractivity contribution in [1.82, 2.24) is 5.32 Å². The van der Waals surface area contributed by atoms with Crippen molar-refractivity contribution >= 4 is 39.6 Å². The Kier molecular flexibility index (Phi) is 6.30. The monoisotopic (exact) mass is 349 g/mol. The Bertz CT molecular complexity index is 464. The van der Waals surface area contributed by atoms with Crippen molar-refractivity contribution in [3.8, 4) is 0 Å². The molecule has 0 aromatic heterocycles. The summed E-state index contributed by atoms with van der Waals surface area (Å²) in [4.78, 5) is 22.9. The Labute approximate surface area is 122 Å². The topological polar surface area (TPSA) is 66.4 Å². The second kappa shape index (κ2) is 7.49. The largest absolute Gasteiger partial charge is 0.480 e. The molecule has 0 bridgehead atoms. The Morgan fingerprint density at radius 2 is 2.21 bits per heavy atom. The van der Waals surface area contributed by atoms with Gasteiger partial charge in [-0.1, -0.05) is 6.07 Å². The van der Waals surface area contributed by atoms with Crippen LogP contribution in [-0.2, 0) is 4.79 Å². The summed E-state index contributed by atoms with van der Waals surface area (Å²) in [6.07, 6.45) is 2.13. The molecule has 1 rings (SSSR count). The average Bonchev–Trinajstić information content (AvgIpc) is 2.33. The van der Waals surface area contributed by atoms with Gasteiger partial charge in [-0.15, -0.1) is 0 Å². The van der Waals surface area contributed by atoms with Crippen molar-refractivity contribution in [2.24, 2.45) is 0 Å². The molecular weight excluding hydrogens is 337 g/mol. The van der Waals surface area contributed by atoms with Crippen molar-refractivity contribution in [1.29, 1.82) is 0 Å². The number of hydrogen-bond donors (Lipinski definition) is 2. The number of amides is 1. The van der Waals surface area contributed by atoms with E-state index in [9.17, 15) is 14.0 Å². The number of carboxylic acids is 1. The molecule has 0 saturated carbocycles. The molecule has 0 aliphatic carbocycles. The molecular formula is C12H13BrFNO3S. The minimum Gasteiger partial charge on any atom is -0.480 e. The lowest BCUT2D eigenvalue weighted by Gasteiger charge is -2.14. The Balaban J connectivity index is 2.85. The van der Waals surface area contributed by atoms with Gasteiger partial charge in [-0.25, -0.2) is 9.18 Å². The number of halogens is 2. The van der Waals surface area contributed by atoms with Gasteiger partial charge in [0, 0.05) is 4.47 Å². The number of carboxylic acid groups (broad SMARTS) is 1. The summed E-state index contributed by atoms with van der Waals surface area (Å²) in [5.74, 6) is -1.97. The maximum absolute atomic E-state index is 13.6. The zero-order valence-corrected chi connectivity index (χ0v) is 12.6. The number of aliphatic carboxylic acids is 1. The summed E-state index contributed by atoms with van der Waals surface area (Å²) in [5, 5.41) is 11.3. The second-order valence-corrected chi connectivity index (χ2v) is 5.58. The van der Waals surface area contributed by atoms with E-state index in [1.54, 1.807) is 0 Å². The molecule has 0 fully saturated rings. The molecule has 0 radical (unpaired) electrons. The molecule has 4 nitrogen and oxygen atoms in total. The van der Waals surface area contributed by atoms with Gasteiger partial charge in [0.05, 0.1) is 5.56 Å². The van der Waals surface area contributed by atoms with E-state index in [1.807, 2.05) is 6.26 Å². The Morgan fingerprint density at radius 1 is 1.53 bits per heavy atom. The van der Waals surface area contributed by atoms with E-state index in [0.717, 1.165) is 6.07 Å². The van der Waals surface area contributed by atoms with Gasteiger partial charge in [-0.2, -0.15) is 11.8 Å². The minimum atomic E-state index is -1.13. The van der Waals surface area contributed by atoms with E-state index in [2.05, 4.69) is 21.2 Å². The van der Waals surface area contributed by atoms with Gasteiger partial charge in [-0.05, 0) is 46.5 Å². The molecule has 2 N–H and O–H groups in total. The lowest BCUT2D eigenvalue weighted by atomic mass is 10.1. The first-order valence-corrected chi connectivity index (χ1v) is 7.62. The van der Waals surface area contributed by atoms with E-state index < -0.39 is 23.7 Å². The Hall–Kier alpha value is -1.08. The zero-order chi connectivity index (χ0) is 14.4. The summed E-state index contributed by atoms with van der Waals surface area (Å²) in [7, 11) is 0. The number of thioether (sulfide) groups is 1. The van der Waals surface area contributed by atoms with Gasteiger partial charge in [0.1, 0.15) is 11.9 Å².